The second-order valence-corrected chi connectivity index (χ2v) is 4.40. The molecule has 1 aromatic rings. The Bertz CT molecular complexity index is 322. The molecule has 0 radical (unpaired) electrons. The Kier molecular flexibility index (Phi) is 3.09. The molecule has 0 bridgehead atoms. The fourth-order valence-corrected chi connectivity index (χ4v) is 2.42. The zero-order valence-corrected chi connectivity index (χ0v) is 9.27. The van der Waals surface area contributed by atoms with Crippen molar-refractivity contribution in [2.75, 3.05) is 6.54 Å². The molecule has 1 nitrogen and oxygen atoms in total. The Balaban J connectivity index is 2.30. The predicted octanol–water partition coefficient (Wildman–Crippen LogP) is 3.33. The van der Waals surface area contributed by atoms with E-state index in [1.165, 1.54) is 24.0 Å². The average molecular weight is 210 g/mol. The lowest BCUT2D eigenvalue weighted by atomic mass is 9.88. The van der Waals surface area contributed by atoms with Crippen molar-refractivity contribution in [2.24, 2.45) is 0 Å². The summed E-state index contributed by atoms with van der Waals surface area (Å²) in [4.78, 5) is 0. The maximum Gasteiger partial charge on any atom is 0.0409 e. The second kappa shape index (κ2) is 4.33. The van der Waals surface area contributed by atoms with Crippen LogP contribution in [0.25, 0.3) is 0 Å². The third-order valence-electron chi connectivity index (χ3n) is 2.89. The molecule has 1 aliphatic rings. The molecule has 0 spiro atoms. The molecule has 76 valence electrons. The minimum atomic E-state index is 0.681. The molecule has 0 fully saturated rings. The standard InChI is InChI=1S/C12H16ClN/c1-2-3-9-7-14-8-10-6-11(13)4-5-12(9)10/h4-6,9,14H,2-3,7-8H2,1H3. The average Bonchev–Trinajstić information content (AvgIpc) is 2.18. The van der Waals surface area contributed by atoms with Gasteiger partial charge in [0.05, 0.1) is 0 Å². The molecule has 1 atom stereocenters. The van der Waals surface area contributed by atoms with Crippen molar-refractivity contribution in [2.45, 2.75) is 32.2 Å². The SMILES string of the molecule is CCCC1CNCc2cc(Cl)ccc21. The van der Waals surface area contributed by atoms with Gasteiger partial charge < -0.3 is 5.32 Å². The van der Waals surface area contributed by atoms with Crippen LogP contribution in [0, 0.1) is 0 Å². The lowest BCUT2D eigenvalue weighted by Crippen LogP contribution is -2.28. The Labute approximate surface area is 90.5 Å². The Morgan fingerprint density at radius 2 is 2.36 bits per heavy atom. The van der Waals surface area contributed by atoms with E-state index in [1.54, 1.807) is 0 Å². The van der Waals surface area contributed by atoms with Crippen LogP contribution in [0.5, 0.6) is 0 Å². The van der Waals surface area contributed by atoms with Gasteiger partial charge in [0.1, 0.15) is 0 Å². The summed E-state index contributed by atoms with van der Waals surface area (Å²) in [7, 11) is 0. The first-order valence-electron chi connectivity index (χ1n) is 5.30. The fraction of sp³-hybridized carbons (Fsp3) is 0.500. The zero-order valence-electron chi connectivity index (χ0n) is 8.52. The smallest absolute Gasteiger partial charge is 0.0409 e. The molecule has 0 aromatic heterocycles. The number of rotatable bonds is 2. The van der Waals surface area contributed by atoms with Crippen LogP contribution in [0.2, 0.25) is 5.02 Å². The number of benzene rings is 1. The van der Waals surface area contributed by atoms with E-state index in [1.807, 2.05) is 6.07 Å². The Hall–Kier alpha value is -0.530. The normalized spacial score (nSPS) is 20.6. The van der Waals surface area contributed by atoms with Crippen LogP contribution >= 0.6 is 11.6 Å². The van der Waals surface area contributed by atoms with E-state index in [9.17, 15) is 0 Å². The summed E-state index contributed by atoms with van der Waals surface area (Å²) in [5.41, 5.74) is 2.87. The summed E-state index contributed by atoms with van der Waals surface area (Å²) in [5, 5.41) is 4.29. The summed E-state index contributed by atoms with van der Waals surface area (Å²) in [6.07, 6.45) is 2.51. The van der Waals surface area contributed by atoms with E-state index in [0.29, 0.717) is 5.92 Å². The van der Waals surface area contributed by atoms with E-state index >= 15 is 0 Å². The lowest BCUT2D eigenvalue weighted by molar-refractivity contribution is 0.509. The maximum atomic E-state index is 5.97. The third-order valence-corrected chi connectivity index (χ3v) is 3.12. The van der Waals surface area contributed by atoms with Gasteiger partial charge in [0, 0.05) is 18.1 Å². The number of hydrogen-bond acceptors (Lipinski definition) is 1. The highest BCUT2D eigenvalue weighted by Crippen LogP contribution is 2.29. The quantitative estimate of drug-likeness (QED) is 0.788. The van der Waals surface area contributed by atoms with E-state index in [4.69, 9.17) is 11.6 Å². The molecule has 2 heteroatoms. The van der Waals surface area contributed by atoms with Gasteiger partial charge in [-0.3, -0.25) is 0 Å². The minimum absolute atomic E-state index is 0.681. The molecule has 1 aromatic carbocycles. The van der Waals surface area contributed by atoms with Crippen LogP contribution in [-0.4, -0.2) is 6.54 Å². The van der Waals surface area contributed by atoms with E-state index in [0.717, 1.165) is 18.1 Å². The molecule has 14 heavy (non-hydrogen) atoms. The van der Waals surface area contributed by atoms with Gasteiger partial charge in [-0.2, -0.15) is 0 Å². The summed E-state index contributed by atoms with van der Waals surface area (Å²) in [5.74, 6) is 0.681. The molecule has 1 heterocycles. The van der Waals surface area contributed by atoms with Gasteiger partial charge in [-0.25, -0.2) is 0 Å². The molecular formula is C12H16ClN. The number of fused-ring (bicyclic) bond motifs is 1. The molecule has 0 amide bonds. The molecular weight excluding hydrogens is 194 g/mol. The van der Waals surface area contributed by atoms with Gasteiger partial charge >= 0.3 is 0 Å². The Morgan fingerprint density at radius 1 is 1.50 bits per heavy atom. The van der Waals surface area contributed by atoms with Crippen molar-refractivity contribution in [3.63, 3.8) is 0 Å². The van der Waals surface area contributed by atoms with Crippen LogP contribution in [0.3, 0.4) is 0 Å². The van der Waals surface area contributed by atoms with Gasteiger partial charge in [-0.1, -0.05) is 31.0 Å². The summed E-state index contributed by atoms with van der Waals surface area (Å²) < 4.78 is 0. The largest absolute Gasteiger partial charge is 0.312 e. The van der Waals surface area contributed by atoms with Crippen LogP contribution in [0.4, 0.5) is 0 Å². The molecule has 1 unspecified atom stereocenters. The molecule has 0 saturated carbocycles. The first-order chi connectivity index (χ1) is 6.81. The molecule has 0 saturated heterocycles. The second-order valence-electron chi connectivity index (χ2n) is 3.96. The number of halogens is 1. The minimum Gasteiger partial charge on any atom is -0.312 e. The van der Waals surface area contributed by atoms with Gasteiger partial charge in [-0.15, -0.1) is 0 Å². The predicted molar refractivity (Wildman–Crippen MR) is 60.8 cm³/mol. The van der Waals surface area contributed by atoms with Crippen molar-refractivity contribution in [3.05, 3.63) is 34.3 Å². The van der Waals surface area contributed by atoms with E-state index < -0.39 is 0 Å². The zero-order chi connectivity index (χ0) is 9.97. The molecule has 2 rings (SSSR count). The maximum absolute atomic E-state index is 5.97. The topological polar surface area (TPSA) is 12.0 Å². The van der Waals surface area contributed by atoms with Crippen molar-refractivity contribution >= 4 is 11.6 Å². The van der Waals surface area contributed by atoms with Gasteiger partial charge in [0.15, 0.2) is 0 Å². The van der Waals surface area contributed by atoms with Crippen molar-refractivity contribution in [1.82, 2.24) is 5.32 Å². The third kappa shape index (κ3) is 1.94. The van der Waals surface area contributed by atoms with Crippen molar-refractivity contribution < 1.29 is 0 Å². The van der Waals surface area contributed by atoms with E-state index in [-0.39, 0.29) is 0 Å². The van der Waals surface area contributed by atoms with Gasteiger partial charge in [-0.05, 0) is 35.6 Å². The van der Waals surface area contributed by atoms with Crippen molar-refractivity contribution in [1.29, 1.82) is 0 Å². The highest BCUT2D eigenvalue weighted by molar-refractivity contribution is 6.30. The monoisotopic (exact) mass is 209 g/mol. The summed E-state index contributed by atoms with van der Waals surface area (Å²) >= 11 is 5.97. The fourth-order valence-electron chi connectivity index (χ4n) is 2.22. The highest BCUT2D eigenvalue weighted by atomic mass is 35.5. The van der Waals surface area contributed by atoms with Crippen LogP contribution in [0.15, 0.2) is 18.2 Å². The number of nitrogens with one attached hydrogen (secondary N) is 1. The molecule has 1 aliphatic heterocycles. The lowest BCUT2D eigenvalue weighted by Gasteiger charge is -2.26. The molecule has 1 N–H and O–H groups in total. The van der Waals surface area contributed by atoms with Gasteiger partial charge in [0.2, 0.25) is 0 Å². The van der Waals surface area contributed by atoms with Crippen LogP contribution < -0.4 is 5.32 Å². The highest BCUT2D eigenvalue weighted by Gasteiger charge is 2.18. The first-order valence-corrected chi connectivity index (χ1v) is 5.68. The summed E-state index contributed by atoms with van der Waals surface area (Å²) in [6, 6.07) is 6.29. The van der Waals surface area contributed by atoms with Crippen LogP contribution in [-0.2, 0) is 6.54 Å². The summed E-state index contributed by atoms with van der Waals surface area (Å²) in [6.45, 7) is 4.32. The van der Waals surface area contributed by atoms with Crippen molar-refractivity contribution in [3.8, 4) is 0 Å². The van der Waals surface area contributed by atoms with Gasteiger partial charge in [0.25, 0.3) is 0 Å². The number of hydrogen-bond donors (Lipinski definition) is 1. The first kappa shape index (κ1) is 10.0. The molecule has 0 aliphatic carbocycles. The van der Waals surface area contributed by atoms with Crippen LogP contribution in [0.1, 0.15) is 36.8 Å². The Morgan fingerprint density at radius 3 is 3.14 bits per heavy atom. The van der Waals surface area contributed by atoms with E-state index in [2.05, 4.69) is 24.4 Å².